The van der Waals surface area contributed by atoms with E-state index < -0.39 is 12.1 Å². The Labute approximate surface area is 135 Å². The van der Waals surface area contributed by atoms with Gasteiger partial charge in [0.15, 0.2) is 0 Å². The standard InChI is InChI=1S/C16H23N3O4/c1-11(23-10-14-7-2-3-8-22-14)15(20)18-12-5-4-6-13(9-12)19-16(17)21/h4-6,9,11,14H,2-3,7-8,10H2,1H3,(H,18,20)(H3,17,19,21)/t11-,14+/m1/s1. The van der Waals surface area contributed by atoms with Gasteiger partial charge in [0.2, 0.25) is 0 Å². The van der Waals surface area contributed by atoms with E-state index in [0.29, 0.717) is 18.0 Å². The number of hydrogen-bond donors (Lipinski definition) is 3. The molecule has 1 saturated heterocycles. The van der Waals surface area contributed by atoms with Gasteiger partial charge in [-0.3, -0.25) is 4.79 Å². The number of rotatable bonds is 6. The summed E-state index contributed by atoms with van der Waals surface area (Å²) < 4.78 is 11.2. The Morgan fingerprint density at radius 3 is 2.74 bits per heavy atom. The van der Waals surface area contributed by atoms with Crippen LogP contribution in [0.2, 0.25) is 0 Å². The van der Waals surface area contributed by atoms with E-state index in [4.69, 9.17) is 15.2 Å². The van der Waals surface area contributed by atoms with Crippen molar-refractivity contribution in [2.24, 2.45) is 5.73 Å². The number of urea groups is 1. The van der Waals surface area contributed by atoms with Crippen molar-refractivity contribution in [1.82, 2.24) is 0 Å². The average Bonchev–Trinajstić information content (AvgIpc) is 2.53. The highest BCUT2D eigenvalue weighted by molar-refractivity contribution is 5.95. The van der Waals surface area contributed by atoms with Crippen LogP contribution in [0.4, 0.5) is 16.2 Å². The maximum atomic E-state index is 12.1. The Bertz CT molecular complexity index is 544. The number of nitrogens with two attached hydrogens (primary N) is 1. The molecule has 126 valence electrons. The second-order valence-electron chi connectivity index (χ2n) is 5.52. The number of carbonyl (C=O) groups is 2. The molecule has 3 amide bonds. The number of ether oxygens (including phenoxy) is 2. The molecular weight excluding hydrogens is 298 g/mol. The fourth-order valence-corrected chi connectivity index (χ4v) is 2.33. The molecule has 2 rings (SSSR count). The van der Waals surface area contributed by atoms with Gasteiger partial charge in [0.1, 0.15) is 6.10 Å². The summed E-state index contributed by atoms with van der Waals surface area (Å²) in [4.78, 5) is 23.0. The fraction of sp³-hybridized carbons (Fsp3) is 0.500. The molecule has 4 N–H and O–H groups in total. The molecule has 1 aromatic rings. The number of nitrogens with one attached hydrogen (secondary N) is 2. The van der Waals surface area contributed by atoms with Crippen molar-refractivity contribution in [3.8, 4) is 0 Å². The van der Waals surface area contributed by atoms with Gasteiger partial charge in [0.05, 0.1) is 12.7 Å². The lowest BCUT2D eigenvalue weighted by Crippen LogP contribution is -2.32. The summed E-state index contributed by atoms with van der Waals surface area (Å²) in [5.74, 6) is -0.253. The Hall–Kier alpha value is -2.12. The van der Waals surface area contributed by atoms with Crippen LogP contribution in [-0.2, 0) is 14.3 Å². The predicted molar refractivity (Wildman–Crippen MR) is 87.3 cm³/mol. The number of hydrogen-bond acceptors (Lipinski definition) is 4. The van der Waals surface area contributed by atoms with Gasteiger partial charge in [-0.2, -0.15) is 0 Å². The van der Waals surface area contributed by atoms with Crippen LogP contribution >= 0.6 is 0 Å². The van der Waals surface area contributed by atoms with Crippen LogP contribution < -0.4 is 16.4 Å². The third-order valence-corrected chi connectivity index (χ3v) is 3.57. The molecule has 23 heavy (non-hydrogen) atoms. The van der Waals surface area contributed by atoms with Crippen molar-refractivity contribution in [2.45, 2.75) is 38.4 Å². The molecule has 0 spiro atoms. The summed E-state index contributed by atoms with van der Waals surface area (Å²) in [7, 11) is 0. The minimum atomic E-state index is -0.655. The van der Waals surface area contributed by atoms with Crippen LogP contribution in [0.1, 0.15) is 26.2 Å². The number of anilines is 2. The first-order valence-electron chi connectivity index (χ1n) is 7.75. The summed E-state index contributed by atoms with van der Waals surface area (Å²) in [5.41, 5.74) is 6.14. The van der Waals surface area contributed by atoms with E-state index in [9.17, 15) is 9.59 Å². The molecule has 7 heteroatoms. The minimum absolute atomic E-state index is 0.0714. The average molecular weight is 321 g/mol. The number of benzene rings is 1. The summed E-state index contributed by atoms with van der Waals surface area (Å²) in [6, 6.07) is 6.08. The number of primary amides is 1. The van der Waals surface area contributed by atoms with E-state index in [-0.39, 0.29) is 12.0 Å². The van der Waals surface area contributed by atoms with E-state index in [0.717, 1.165) is 25.9 Å². The van der Waals surface area contributed by atoms with Crippen molar-refractivity contribution >= 4 is 23.3 Å². The summed E-state index contributed by atoms with van der Waals surface area (Å²) >= 11 is 0. The highest BCUT2D eigenvalue weighted by atomic mass is 16.5. The zero-order valence-corrected chi connectivity index (χ0v) is 13.2. The lowest BCUT2D eigenvalue weighted by Gasteiger charge is -2.23. The zero-order valence-electron chi connectivity index (χ0n) is 13.2. The molecule has 1 aromatic carbocycles. The number of amides is 3. The Balaban J connectivity index is 1.81. The summed E-state index contributed by atoms with van der Waals surface area (Å²) in [6.07, 6.45) is 2.67. The van der Waals surface area contributed by atoms with Gasteiger partial charge < -0.3 is 25.8 Å². The Kier molecular flexibility index (Phi) is 6.37. The van der Waals surface area contributed by atoms with Gasteiger partial charge in [0.25, 0.3) is 5.91 Å². The van der Waals surface area contributed by atoms with Gasteiger partial charge in [-0.05, 0) is 44.4 Å². The van der Waals surface area contributed by atoms with Gasteiger partial charge in [-0.15, -0.1) is 0 Å². The normalized spacial score (nSPS) is 18.9. The predicted octanol–water partition coefficient (Wildman–Crippen LogP) is 2.09. The van der Waals surface area contributed by atoms with Crippen LogP contribution in [0.3, 0.4) is 0 Å². The van der Waals surface area contributed by atoms with Gasteiger partial charge >= 0.3 is 6.03 Å². The van der Waals surface area contributed by atoms with Crippen LogP contribution in [0.15, 0.2) is 24.3 Å². The van der Waals surface area contributed by atoms with Gasteiger partial charge in [0, 0.05) is 18.0 Å². The summed E-state index contributed by atoms with van der Waals surface area (Å²) in [5, 5.41) is 5.20. The topological polar surface area (TPSA) is 103 Å². The molecule has 7 nitrogen and oxygen atoms in total. The van der Waals surface area contributed by atoms with E-state index in [1.165, 1.54) is 0 Å². The van der Waals surface area contributed by atoms with E-state index >= 15 is 0 Å². The lowest BCUT2D eigenvalue weighted by atomic mass is 10.1. The quantitative estimate of drug-likeness (QED) is 0.746. The molecule has 1 aliphatic heterocycles. The van der Waals surface area contributed by atoms with E-state index in [1.54, 1.807) is 31.2 Å². The fourth-order valence-electron chi connectivity index (χ4n) is 2.33. The van der Waals surface area contributed by atoms with Crippen molar-refractivity contribution in [2.75, 3.05) is 23.8 Å². The molecule has 0 unspecified atom stereocenters. The second-order valence-corrected chi connectivity index (χ2v) is 5.52. The molecule has 0 saturated carbocycles. The van der Waals surface area contributed by atoms with Gasteiger partial charge in [-0.25, -0.2) is 4.79 Å². The van der Waals surface area contributed by atoms with Crippen LogP contribution in [0, 0.1) is 0 Å². The van der Waals surface area contributed by atoms with Crippen molar-refractivity contribution in [1.29, 1.82) is 0 Å². The lowest BCUT2D eigenvalue weighted by molar-refractivity contribution is -0.130. The third kappa shape index (κ3) is 5.88. The first kappa shape index (κ1) is 17.2. The molecular formula is C16H23N3O4. The summed E-state index contributed by atoms with van der Waals surface area (Å²) in [6.45, 7) is 2.87. The van der Waals surface area contributed by atoms with Crippen molar-refractivity contribution in [3.63, 3.8) is 0 Å². The third-order valence-electron chi connectivity index (χ3n) is 3.57. The molecule has 0 aliphatic carbocycles. The molecule has 0 bridgehead atoms. The van der Waals surface area contributed by atoms with E-state index in [2.05, 4.69) is 10.6 Å². The minimum Gasteiger partial charge on any atom is -0.376 e. The maximum absolute atomic E-state index is 12.1. The molecule has 0 radical (unpaired) electrons. The highest BCUT2D eigenvalue weighted by Crippen LogP contribution is 2.16. The smallest absolute Gasteiger partial charge is 0.316 e. The maximum Gasteiger partial charge on any atom is 0.316 e. The van der Waals surface area contributed by atoms with Crippen LogP contribution in [-0.4, -0.2) is 37.4 Å². The number of carbonyl (C=O) groups excluding carboxylic acids is 2. The molecule has 1 fully saturated rings. The monoisotopic (exact) mass is 321 g/mol. The van der Waals surface area contributed by atoms with E-state index in [1.807, 2.05) is 0 Å². The first-order chi connectivity index (χ1) is 11.0. The van der Waals surface area contributed by atoms with Crippen LogP contribution in [0.5, 0.6) is 0 Å². The largest absolute Gasteiger partial charge is 0.376 e. The SMILES string of the molecule is C[C@@H](OC[C@@H]1CCCCO1)C(=O)Nc1cccc(NC(N)=O)c1. The first-order valence-corrected chi connectivity index (χ1v) is 7.75. The molecule has 1 aliphatic rings. The molecule has 1 heterocycles. The highest BCUT2D eigenvalue weighted by Gasteiger charge is 2.19. The molecule has 0 aromatic heterocycles. The van der Waals surface area contributed by atoms with Crippen LogP contribution in [0.25, 0.3) is 0 Å². The van der Waals surface area contributed by atoms with Crippen molar-refractivity contribution in [3.05, 3.63) is 24.3 Å². The second kappa shape index (κ2) is 8.50. The Morgan fingerprint density at radius 1 is 1.35 bits per heavy atom. The van der Waals surface area contributed by atoms with Gasteiger partial charge in [-0.1, -0.05) is 6.07 Å². The van der Waals surface area contributed by atoms with Crippen molar-refractivity contribution < 1.29 is 19.1 Å². The zero-order chi connectivity index (χ0) is 16.7. The molecule has 2 atom stereocenters. The Morgan fingerprint density at radius 2 is 2.09 bits per heavy atom.